The number of carbonyl (C=O) groups is 2. The van der Waals surface area contributed by atoms with Crippen molar-refractivity contribution >= 4 is 40.4 Å². The number of rotatable bonds is 9. The van der Waals surface area contributed by atoms with E-state index in [4.69, 9.17) is 21.6 Å². The first-order valence-corrected chi connectivity index (χ1v) is 19.2. The molecule has 2 aliphatic heterocycles. The van der Waals surface area contributed by atoms with E-state index in [1.54, 1.807) is 11.3 Å². The summed E-state index contributed by atoms with van der Waals surface area (Å²) < 4.78 is 1.96. The second-order valence-electron chi connectivity index (χ2n) is 14.6. The van der Waals surface area contributed by atoms with Crippen LogP contribution >= 0.6 is 22.9 Å². The molecule has 2 aromatic heterocycles. The van der Waals surface area contributed by atoms with Gasteiger partial charge in [0.15, 0.2) is 5.82 Å². The van der Waals surface area contributed by atoms with E-state index in [9.17, 15) is 9.59 Å². The van der Waals surface area contributed by atoms with E-state index < -0.39 is 0 Å². The average Bonchev–Trinajstić information content (AvgIpc) is 3.78. The van der Waals surface area contributed by atoms with Crippen LogP contribution in [0.5, 0.6) is 0 Å². The third-order valence-corrected chi connectivity index (χ3v) is 12.5. The Bertz CT molecular complexity index is 1890. The van der Waals surface area contributed by atoms with E-state index in [2.05, 4.69) is 48.0 Å². The smallest absolute Gasteiger partial charge is 0.291 e. The molecule has 4 heterocycles. The summed E-state index contributed by atoms with van der Waals surface area (Å²) in [5.41, 5.74) is 7.62. The third-order valence-electron chi connectivity index (χ3n) is 11.0. The number of likely N-dealkylation sites (N-methyl/N-ethyl adjacent to an activating group) is 1. The van der Waals surface area contributed by atoms with E-state index in [1.807, 2.05) is 47.8 Å². The van der Waals surface area contributed by atoms with Gasteiger partial charge < -0.3 is 14.8 Å². The van der Waals surface area contributed by atoms with Crippen LogP contribution in [0.3, 0.4) is 0 Å². The Labute approximate surface area is 304 Å². The predicted molar refractivity (Wildman–Crippen MR) is 201 cm³/mol. The fourth-order valence-corrected chi connectivity index (χ4v) is 9.12. The highest BCUT2D eigenvalue weighted by molar-refractivity contribution is 7.15. The molecule has 0 atom stereocenters. The van der Waals surface area contributed by atoms with Crippen LogP contribution in [0.4, 0.5) is 5.69 Å². The number of hydrogen-bond donors (Lipinski definition) is 1. The maximum absolute atomic E-state index is 13.7. The first kappa shape index (κ1) is 34.9. The molecular formula is C39H48ClN7O2S. The van der Waals surface area contributed by atoms with Crippen LogP contribution in [0.2, 0.25) is 5.02 Å². The van der Waals surface area contributed by atoms with Gasteiger partial charge in [-0.05, 0) is 63.8 Å². The zero-order valence-corrected chi connectivity index (χ0v) is 31.5. The van der Waals surface area contributed by atoms with E-state index in [0.717, 1.165) is 81.2 Å². The number of hydrogen-bond acceptors (Lipinski definition) is 7. The summed E-state index contributed by atoms with van der Waals surface area (Å²) in [6.07, 6.45) is 7.62. The predicted octanol–water partition coefficient (Wildman–Crippen LogP) is 7.55. The van der Waals surface area contributed by atoms with E-state index in [-0.39, 0.29) is 11.8 Å². The number of thiazole rings is 1. The maximum atomic E-state index is 13.7. The molecule has 0 bridgehead atoms. The number of amides is 2. The number of fused-ring (bicyclic) bond motifs is 2. The number of halogens is 1. The Kier molecular flexibility index (Phi) is 10.2. The van der Waals surface area contributed by atoms with Crippen LogP contribution in [0.15, 0.2) is 36.4 Å². The molecule has 4 aromatic rings. The summed E-state index contributed by atoms with van der Waals surface area (Å²) in [5.74, 6) is 1.07. The quantitative estimate of drug-likeness (QED) is 0.193. The molecule has 0 spiro atoms. The molecule has 264 valence electrons. The molecule has 2 aromatic carbocycles. The zero-order valence-electron chi connectivity index (χ0n) is 29.9. The van der Waals surface area contributed by atoms with Gasteiger partial charge in [-0.2, -0.15) is 0 Å². The largest absolute Gasteiger partial charge is 0.330 e. The van der Waals surface area contributed by atoms with Crippen molar-refractivity contribution in [1.29, 1.82) is 0 Å². The van der Waals surface area contributed by atoms with Gasteiger partial charge in [0.2, 0.25) is 5.91 Å². The third kappa shape index (κ3) is 7.00. The van der Waals surface area contributed by atoms with Crippen molar-refractivity contribution in [2.75, 3.05) is 32.0 Å². The van der Waals surface area contributed by atoms with Crippen molar-refractivity contribution in [3.8, 4) is 21.7 Å². The molecule has 1 N–H and O–H groups in total. The van der Waals surface area contributed by atoms with Crippen molar-refractivity contribution in [1.82, 2.24) is 29.2 Å². The number of anilines is 1. The Morgan fingerprint density at radius 3 is 2.50 bits per heavy atom. The monoisotopic (exact) mass is 713 g/mol. The van der Waals surface area contributed by atoms with Crippen molar-refractivity contribution in [3.05, 3.63) is 74.8 Å². The van der Waals surface area contributed by atoms with Crippen LogP contribution in [0.1, 0.15) is 84.1 Å². The first-order valence-electron chi connectivity index (χ1n) is 18.0. The minimum atomic E-state index is -0.258. The molecule has 7 rings (SSSR count). The highest BCUT2D eigenvalue weighted by atomic mass is 35.5. The molecule has 50 heavy (non-hydrogen) atoms. The standard InChI is InChI=1S/C39H48ClN7O2S/c1-24(2)44(4)23-35(48)47-21-32-34(22-47)50-39(43-32)28-14-9-13-27(25(28)3)29-15-10-16-30(36(29)40)42-38(49)37-41-31-20-46(18-17-33(31)45(37)5)19-26-11-7-6-8-12-26/h9-10,13-16,24,26H,6-8,11-12,17-23H2,1-5H3,(H,42,49). The van der Waals surface area contributed by atoms with Gasteiger partial charge in [-0.25, -0.2) is 9.97 Å². The lowest BCUT2D eigenvalue weighted by molar-refractivity contribution is -0.133. The number of imidazole rings is 1. The van der Waals surface area contributed by atoms with Crippen LogP contribution in [0, 0.1) is 12.8 Å². The lowest BCUT2D eigenvalue weighted by Crippen LogP contribution is -2.38. The van der Waals surface area contributed by atoms with Crippen molar-refractivity contribution in [2.24, 2.45) is 13.0 Å². The van der Waals surface area contributed by atoms with Gasteiger partial charge in [-0.3, -0.25) is 19.4 Å². The second-order valence-corrected chi connectivity index (χ2v) is 16.1. The summed E-state index contributed by atoms with van der Waals surface area (Å²) in [6, 6.07) is 12.2. The zero-order chi connectivity index (χ0) is 35.1. The van der Waals surface area contributed by atoms with E-state index in [1.165, 1.54) is 32.1 Å². The minimum Gasteiger partial charge on any atom is -0.330 e. The van der Waals surface area contributed by atoms with Crippen molar-refractivity contribution < 1.29 is 9.59 Å². The molecule has 0 unspecified atom stereocenters. The summed E-state index contributed by atoms with van der Waals surface area (Å²) in [4.78, 5) is 44.0. The Morgan fingerprint density at radius 2 is 1.74 bits per heavy atom. The van der Waals surface area contributed by atoms with Gasteiger partial charge in [0, 0.05) is 60.8 Å². The van der Waals surface area contributed by atoms with Crippen LogP contribution in [-0.4, -0.2) is 73.8 Å². The SMILES string of the molecule is Cc1c(-c2nc3c(s2)CN(C(=O)CN(C)C(C)C)C3)cccc1-c1cccc(NC(=O)c2nc3c(n2C)CCN(CC2CCCCC2)C3)c1Cl. The molecule has 0 saturated heterocycles. The fourth-order valence-electron chi connectivity index (χ4n) is 7.68. The van der Waals surface area contributed by atoms with E-state index in [0.29, 0.717) is 42.2 Å². The summed E-state index contributed by atoms with van der Waals surface area (Å²) in [7, 11) is 3.92. The lowest BCUT2D eigenvalue weighted by Gasteiger charge is -2.32. The molecular weight excluding hydrogens is 666 g/mol. The Balaban J connectivity index is 1.06. The topological polar surface area (TPSA) is 86.6 Å². The highest BCUT2D eigenvalue weighted by Gasteiger charge is 2.30. The van der Waals surface area contributed by atoms with Crippen LogP contribution in [-0.2, 0) is 37.9 Å². The van der Waals surface area contributed by atoms with Crippen LogP contribution in [0.25, 0.3) is 21.7 Å². The molecule has 3 aliphatic rings. The van der Waals surface area contributed by atoms with Crippen molar-refractivity contribution in [3.63, 3.8) is 0 Å². The van der Waals surface area contributed by atoms with Gasteiger partial charge >= 0.3 is 0 Å². The maximum Gasteiger partial charge on any atom is 0.291 e. The molecule has 2 amide bonds. The summed E-state index contributed by atoms with van der Waals surface area (Å²) in [5, 5.41) is 4.50. The number of benzene rings is 2. The van der Waals surface area contributed by atoms with Crippen molar-refractivity contribution in [2.45, 2.75) is 85.0 Å². The van der Waals surface area contributed by atoms with E-state index >= 15 is 0 Å². The number of nitrogens with zero attached hydrogens (tertiary/aromatic N) is 6. The minimum absolute atomic E-state index is 0.131. The normalized spacial score (nSPS) is 16.7. The van der Waals surface area contributed by atoms with Crippen LogP contribution < -0.4 is 5.32 Å². The second kappa shape index (κ2) is 14.6. The molecule has 0 radical (unpaired) electrons. The first-order chi connectivity index (χ1) is 24.1. The van der Waals surface area contributed by atoms with Gasteiger partial charge in [-0.15, -0.1) is 11.3 Å². The highest BCUT2D eigenvalue weighted by Crippen LogP contribution is 2.41. The molecule has 1 fully saturated rings. The summed E-state index contributed by atoms with van der Waals surface area (Å²) >= 11 is 8.71. The molecule has 9 nitrogen and oxygen atoms in total. The van der Waals surface area contributed by atoms with Gasteiger partial charge in [-0.1, -0.05) is 61.2 Å². The molecule has 1 aliphatic carbocycles. The molecule has 11 heteroatoms. The van der Waals surface area contributed by atoms with Gasteiger partial charge in [0.1, 0.15) is 5.01 Å². The summed E-state index contributed by atoms with van der Waals surface area (Å²) in [6.45, 7) is 10.8. The molecule has 1 saturated carbocycles. The average molecular weight is 714 g/mol. The van der Waals surface area contributed by atoms with Gasteiger partial charge in [0.05, 0.1) is 41.7 Å². The Morgan fingerprint density at radius 1 is 1.00 bits per heavy atom. The fraction of sp³-hybridized carbons (Fsp3) is 0.487. The number of aromatic nitrogens is 3. The number of nitrogens with one attached hydrogen (secondary N) is 1. The lowest BCUT2D eigenvalue weighted by atomic mass is 9.88. The van der Waals surface area contributed by atoms with Gasteiger partial charge in [0.25, 0.3) is 5.91 Å². The number of carbonyl (C=O) groups excluding carboxylic acids is 2. The Hall–Kier alpha value is -3.57.